The summed E-state index contributed by atoms with van der Waals surface area (Å²) in [7, 11) is 1.22. The molecule has 0 spiro atoms. The van der Waals surface area contributed by atoms with Gasteiger partial charge in [0.2, 0.25) is 0 Å². The molecule has 0 fully saturated rings. The molecule has 1 rings (SSSR count). The zero-order chi connectivity index (χ0) is 12.7. The summed E-state index contributed by atoms with van der Waals surface area (Å²) < 4.78 is 4.33. The number of nitrogens with two attached hydrogens (primary N) is 1. The summed E-state index contributed by atoms with van der Waals surface area (Å²) in [4.78, 5) is 22.1. The predicted octanol–water partition coefficient (Wildman–Crippen LogP) is 0.194. The van der Waals surface area contributed by atoms with Gasteiger partial charge in [-0.25, -0.2) is 4.79 Å². The van der Waals surface area contributed by atoms with E-state index in [4.69, 9.17) is 0 Å². The number of methoxy groups -OCH3 is 1. The van der Waals surface area contributed by atoms with E-state index in [9.17, 15) is 9.59 Å². The molecule has 0 saturated carbocycles. The minimum absolute atomic E-state index is 0.166. The molecule has 1 atom stereocenters. The fourth-order valence-corrected chi connectivity index (χ4v) is 1.39. The maximum absolute atomic E-state index is 11.3. The Balaban J connectivity index is 2.36. The first-order valence-corrected chi connectivity index (χ1v) is 5.39. The SMILES string of the molecule is COC(=O)NC(=O)C[NH2+][C@H](C)c1ccccc1. The number of imide groups is 1. The molecule has 1 aromatic carbocycles. The molecule has 5 nitrogen and oxygen atoms in total. The first kappa shape index (κ1) is 13.2. The van der Waals surface area contributed by atoms with Gasteiger partial charge in [-0.15, -0.1) is 0 Å². The zero-order valence-corrected chi connectivity index (χ0v) is 9.97. The summed E-state index contributed by atoms with van der Waals surface area (Å²) in [6.45, 7) is 2.19. The van der Waals surface area contributed by atoms with Crippen LogP contribution in [-0.4, -0.2) is 25.7 Å². The number of benzene rings is 1. The Hall–Kier alpha value is -1.88. The van der Waals surface area contributed by atoms with Crippen molar-refractivity contribution in [1.82, 2.24) is 5.32 Å². The lowest BCUT2D eigenvalue weighted by Crippen LogP contribution is -2.87. The van der Waals surface area contributed by atoms with Crippen molar-refractivity contribution in [3.05, 3.63) is 35.9 Å². The molecule has 0 aliphatic heterocycles. The van der Waals surface area contributed by atoms with E-state index in [-0.39, 0.29) is 18.5 Å². The van der Waals surface area contributed by atoms with Gasteiger partial charge in [-0.1, -0.05) is 30.3 Å². The molecule has 0 heterocycles. The summed E-state index contributed by atoms with van der Waals surface area (Å²) >= 11 is 0. The average molecular weight is 237 g/mol. The van der Waals surface area contributed by atoms with Crippen molar-refractivity contribution in [1.29, 1.82) is 0 Å². The van der Waals surface area contributed by atoms with Gasteiger partial charge in [-0.3, -0.25) is 10.1 Å². The molecule has 2 amide bonds. The highest BCUT2D eigenvalue weighted by atomic mass is 16.5. The molecule has 0 aliphatic rings. The van der Waals surface area contributed by atoms with E-state index in [0.29, 0.717) is 0 Å². The summed E-state index contributed by atoms with van der Waals surface area (Å²) in [5.74, 6) is -0.361. The summed E-state index contributed by atoms with van der Waals surface area (Å²) in [5.41, 5.74) is 1.14. The van der Waals surface area contributed by atoms with Crippen LogP contribution in [0.2, 0.25) is 0 Å². The van der Waals surface area contributed by atoms with Crippen molar-refractivity contribution in [2.75, 3.05) is 13.7 Å². The minimum Gasteiger partial charge on any atom is -0.453 e. The van der Waals surface area contributed by atoms with Gasteiger partial charge in [0.05, 0.1) is 7.11 Å². The number of hydrogen-bond acceptors (Lipinski definition) is 3. The standard InChI is InChI=1S/C12H16N2O3/c1-9(10-6-4-3-5-7-10)13-8-11(15)14-12(16)17-2/h3-7,9,13H,8H2,1-2H3,(H,14,15,16)/p+1/t9-/m1/s1. The molecule has 3 N–H and O–H groups in total. The number of ether oxygens (including phenoxy) is 1. The van der Waals surface area contributed by atoms with E-state index in [1.807, 2.05) is 42.6 Å². The lowest BCUT2D eigenvalue weighted by atomic mass is 10.1. The Kier molecular flexibility index (Phi) is 5.16. The monoisotopic (exact) mass is 237 g/mol. The molecule has 0 saturated heterocycles. The lowest BCUT2D eigenvalue weighted by molar-refractivity contribution is -0.682. The number of hydrogen-bond donors (Lipinski definition) is 2. The van der Waals surface area contributed by atoms with E-state index >= 15 is 0 Å². The normalized spacial score (nSPS) is 11.6. The van der Waals surface area contributed by atoms with Gasteiger partial charge in [-0.2, -0.15) is 0 Å². The molecule has 0 bridgehead atoms. The lowest BCUT2D eigenvalue weighted by Gasteiger charge is -2.10. The van der Waals surface area contributed by atoms with Gasteiger partial charge in [0.25, 0.3) is 5.91 Å². The van der Waals surface area contributed by atoms with E-state index in [1.54, 1.807) is 0 Å². The molecule has 0 aliphatic carbocycles. The fraction of sp³-hybridized carbons (Fsp3) is 0.333. The maximum Gasteiger partial charge on any atom is 0.413 e. The molecular weight excluding hydrogens is 220 g/mol. The van der Waals surface area contributed by atoms with Gasteiger partial charge in [0.15, 0.2) is 6.54 Å². The van der Waals surface area contributed by atoms with Crippen molar-refractivity contribution in [2.24, 2.45) is 0 Å². The quantitative estimate of drug-likeness (QED) is 0.785. The van der Waals surface area contributed by atoms with E-state index < -0.39 is 6.09 Å². The second kappa shape index (κ2) is 6.65. The smallest absolute Gasteiger partial charge is 0.413 e. The topological polar surface area (TPSA) is 72.0 Å². The molecule has 5 heteroatoms. The molecule has 92 valence electrons. The Labute approximate surface area is 100 Å². The highest BCUT2D eigenvalue weighted by molar-refractivity contribution is 5.92. The van der Waals surface area contributed by atoms with Crippen molar-refractivity contribution in [3.8, 4) is 0 Å². The Bertz CT molecular complexity index is 379. The van der Waals surface area contributed by atoms with Gasteiger partial charge in [0.1, 0.15) is 6.04 Å². The predicted molar refractivity (Wildman–Crippen MR) is 62.2 cm³/mol. The van der Waals surface area contributed by atoms with Gasteiger partial charge < -0.3 is 10.1 Å². The first-order valence-electron chi connectivity index (χ1n) is 5.39. The molecular formula is C12H17N2O3+. The van der Waals surface area contributed by atoms with Crippen LogP contribution in [0.15, 0.2) is 30.3 Å². The third-order valence-electron chi connectivity index (χ3n) is 2.41. The molecule has 1 aromatic rings. The molecule has 0 aromatic heterocycles. The minimum atomic E-state index is -0.726. The number of amides is 2. The first-order chi connectivity index (χ1) is 8.13. The largest absolute Gasteiger partial charge is 0.453 e. The zero-order valence-electron chi connectivity index (χ0n) is 9.97. The van der Waals surface area contributed by atoms with Crippen molar-refractivity contribution in [2.45, 2.75) is 13.0 Å². The highest BCUT2D eigenvalue weighted by Gasteiger charge is 2.13. The van der Waals surface area contributed by atoms with Crippen molar-refractivity contribution < 1.29 is 19.6 Å². The second-order valence-corrected chi connectivity index (χ2v) is 3.68. The number of alkyl carbamates (subject to hydrolysis) is 1. The summed E-state index contributed by atoms with van der Waals surface area (Å²) in [5, 5.41) is 3.96. The van der Waals surface area contributed by atoms with Crippen LogP contribution in [0.3, 0.4) is 0 Å². The fourth-order valence-electron chi connectivity index (χ4n) is 1.39. The van der Waals surface area contributed by atoms with Crippen LogP contribution in [0.5, 0.6) is 0 Å². The third kappa shape index (κ3) is 4.65. The van der Waals surface area contributed by atoms with Crippen molar-refractivity contribution in [3.63, 3.8) is 0 Å². The van der Waals surface area contributed by atoms with Gasteiger partial charge in [-0.05, 0) is 6.92 Å². The number of nitrogens with one attached hydrogen (secondary N) is 1. The Morgan fingerprint density at radius 1 is 1.35 bits per heavy atom. The number of carbonyl (C=O) groups excluding carboxylic acids is 2. The molecule has 0 radical (unpaired) electrons. The second-order valence-electron chi connectivity index (χ2n) is 3.68. The van der Waals surface area contributed by atoms with Crippen LogP contribution in [0.25, 0.3) is 0 Å². The average Bonchev–Trinajstić information content (AvgIpc) is 2.36. The molecule has 17 heavy (non-hydrogen) atoms. The van der Waals surface area contributed by atoms with E-state index in [0.717, 1.165) is 5.56 Å². The summed E-state index contributed by atoms with van der Waals surface area (Å²) in [6, 6.07) is 10.0. The van der Waals surface area contributed by atoms with E-state index in [2.05, 4.69) is 10.1 Å². The van der Waals surface area contributed by atoms with Crippen LogP contribution >= 0.6 is 0 Å². The number of carbonyl (C=O) groups is 2. The van der Waals surface area contributed by atoms with Crippen LogP contribution in [0.1, 0.15) is 18.5 Å². The van der Waals surface area contributed by atoms with Crippen molar-refractivity contribution >= 4 is 12.0 Å². The Morgan fingerprint density at radius 3 is 2.59 bits per heavy atom. The van der Waals surface area contributed by atoms with E-state index in [1.165, 1.54) is 7.11 Å². The van der Waals surface area contributed by atoms with Crippen LogP contribution in [0.4, 0.5) is 4.79 Å². The van der Waals surface area contributed by atoms with Crippen LogP contribution < -0.4 is 10.6 Å². The molecule has 0 unspecified atom stereocenters. The maximum atomic E-state index is 11.3. The third-order valence-corrected chi connectivity index (χ3v) is 2.41. The van der Waals surface area contributed by atoms with Gasteiger partial charge in [0, 0.05) is 5.56 Å². The van der Waals surface area contributed by atoms with Crippen LogP contribution in [-0.2, 0) is 9.53 Å². The van der Waals surface area contributed by atoms with Gasteiger partial charge >= 0.3 is 6.09 Å². The highest BCUT2D eigenvalue weighted by Crippen LogP contribution is 2.05. The Morgan fingerprint density at radius 2 is 2.00 bits per heavy atom. The van der Waals surface area contributed by atoms with Crippen LogP contribution in [0, 0.1) is 0 Å². The summed E-state index contributed by atoms with van der Waals surface area (Å²) in [6.07, 6.45) is -0.726. The number of rotatable bonds is 4. The number of quaternary nitrogens is 1.